The van der Waals surface area contributed by atoms with Crippen molar-refractivity contribution >= 4 is 0 Å². The molecule has 0 aromatic heterocycles. The summed E-state index contributed by atoms with van der Waals surface area (Å²) in [5.41, 5.74) is -0.430. The lowest BCUT2D eigenvalue weighted by atomic mass is 9.74. The van der Waals surface area contributed by atoms with E-state index in [0.29, 0.717) is 0 Å². The van der Waals surface area contributed by atoms with Crippen LogP contribution in [0.25, 0.3) is 0 Å². The van der Waals surface area contributed by atoms with Crippen LogP contribution in [0.15, 0.2) is 0 Å². The predicted molar refractivity (Wildman–Crippen MR) is 107 cm³/mol. The van der Waals surface area contributed by atoms with Gasteiger partial charge in [0.2, 0.25) is 5.79 Å². The Morgan fingerprint density at radius 1 is 0.769 bits per heavy atom. The molecule has 0 radical (unpaired) electrons. The summed E-state index contributed by atoms with van der Waals surface area (Å²) in [7, 11) is 0. The molecule has 4 heteroatoms. The Kier molecular flexibility index (Phi) is 9.06. The van der Waals surface area contributed by atoms with Gasteiger partial charge in [-0.15, -0.1) is 0 Å². The molecule has 0 aliphatic heterocycles. The fraction of sp³-hybridized carbons (Fsp3) is 1.00. The van der Waals surface area contributed by atoms with Crippen molar-refractivity contribution in [3.05, 3.63) is 0 Å². The van der Waals surface area contributed by atoms with Crippen LogP contribution in [0.5, 0.6) is 0 Å². The van der Waals surface area contributed by atoms with Crippen LogP contribution in [0, 0.1) is 5.41 Å². The Bertz CT molecular complexity index is 385. The third-order valence-corrected chi connectivity index (χ3v) is 6.00. The highest BCUT2D eigenvalue weighted by Crippen LogP contribution is 2.45. The maximum absolute atomic E-state index is 6.09. The van der Waals surface area contributed by atoms with E-state index >= 15 is 0 Å². The van der Waals surface area contributed by atoms with E-state index in [0.717, 1.165) is 57.8 Å². The SMILES string of the molecule is CCCC(C)(CC)OOC1(OOC(C)(CC)CCC)CCCC(C)(C)C1. The average molecular weight is 373 g/mol. The summed E-state index contributed by atoms with van der Waals surface area (Å²) < 4.78 is 0. The van der Waals surface area contributed by atoms with E-state index < -0.39 is 5.79 Å². The molecule has 1 fully saturated rings. The molecule has 1 aliphatic carbocycles. The van der Waals surface area contributed by atoms with Crippen LogP contribution in [-0.2, 0) is 19.6 Å². The molecule has 0 aromatic rings. The lowest BCUT2D eigenvalue weighted by Gasteiger charge is -2.44. The van der Waals surface area contributed by atoms with E-state index in [4.69, 9.17) is 19.6 Å². The van der Waals surface area contributed by atoms with Crippen LogP contribution in [-0.4, -0.2) is 17.0 Å². The standard InChI is InChI=1S/C22H44O4/c1-9-14-20(7,11-3)23-25-22(17-13-16-19(5,6)18-22)26-24-21(8,12-4)15-10-2/h9-18H2,1-8H3. The van der Waals surface area contributed by atoms with Gasteiger partial charge in [-0.05, 0) is 57.8 Å². The molecular weight excluding hydrogens is 328 g/mol. The van der Waals surface area contributed by atoms with Gasteiger partial charge in [-0.2, -0.15) is 9.78 Å². The van der Waals surface area contributed by atoms with E-state index in [9.17, 15) is 0 Å². The van der Waals surface area contributed by atoms with Gasteiger partial charge in [0, 0.05) is 12.8 Å². The van der Waals surface area contributed by atoms with Gasteiger partial charge >= 0.3 is 0 Å². The van der Waals surface area contributed by atoms with Crippen LogP contribution in [0.2, 0.25) is 0 Å². The van der Waals surface area contributed by atoms with E-state index in [2.05, 4.69) is 55.4 Å². The first-order valence-corrected chi connectivity index (χ1v) is 10.8. The number of hydrogen-bond donors (Lipinski definition) is 0. The zero-order valence-corrected chi connectivity index (χ0v) is 18.7. The van der Waals surface area contributed by atoms with Crippen LogP contribution < -0.4 is 0 Å². The molecule has 156 valence electrons. The third-order valence-electron chi connectivity index (χ3n) is 6.00. The third kappa shape index (κ3) is 7.10. The molecule has 26 heavy (non-hydrogen) atoms. The molecule has 0 aromatic carbocycles. The van der Waals surface area contributed by atoms with Crippen molar-refractivity contribution in [2.75, 3.05) is 0 Å². The fourth-order valence-corrected chi connectivity index (χ4v) is 3.86. The number of rotatable bonds is 12. The summed E-state index contributed by atoms with van der Waals surface area (Å²) in [5.74, 6) is -0.823. The maximum Gasteiger partial charge on any atom is 0.234 e. The first-order chi connectivity index (χ1) is 12.1. The van der Waals surface area contributed by atoms with Crippen molar-refractivity contribution in [2.45, 2.75) is 137 Å². The summed E-state index contributed by atoms with van der Waals surface area (Å²) in [5, 5.41) is 0. The highest BCUT2D eigenvalue weighted by molar-refractivity contribution is 4.85. The van der Waals surface area contributed by atoms with Crippen molar-refractivity contribution in [3.63, 3.8) is 0 Å². The van der Waals surface area contributed by atoms with Crippen LogP contribution in [0.3, 0.4) is 0 Å². The summed E-state index contributed by atoms with van der Waals surface area (Å²) in [6.45, 7) is 17.4. The second kappa shape index (κ2) is 9.86. The first-order valence-electron chi connectivity index (χ1n) is 10.8. The van der Waals surface area contributed by atoms with Crippen molar-refractivity contribution in [2.24, 2.45) is 5.41 Å². The van der Waals surface area contributed by atoms with Gasteiger partial charge in [-0.3, -0.25) is 0 Å². The van der Waals surface area contributed by atoms with Crippen LogP contribution >= 0.6 is 0 Å². The molecule has 0 N–H and O–H groups in total. The second-order valence-electron chi connectivity index (χ2n) is 9.55. The lowest BCUT2D eigenvalue weighted by Crippen LogP contribution is -2.47. The van der Waals surface area contributed by atoms with Crippen molar-refractivity contribution in [1.29, 1.82) is 0 Å². The molecular formula is C22H44O4. The molecule has 2 atom stereocenters. The average Bonchev–Trinajstić information content (AvgIpc) is 2.58. The highest BCUT2D eigenvalue weighted by Gasteiger charge is 2.47. The molecule has 4 nitrogen and oxygen atoms in total. The van der Waals surface area contributed by atoms with E-state index in [1.165, 1.54) is 6.42 Å². The Morgan fingerprint density at radius 2 is 1.23 bits per heavy atom. The van der Waals surface area contributed by atoms with Gasteiger partial charge in [0.25, 0.3) is 0 Å². The molecule has 0 heterocycles. The van der Waals surface area contributed by atoms with Crippen molar-refractivity contribution in [3.8, 4) is 0 Å². The van der Waals surface area contributed by atoms with E-state index in [1.54, 1.807) is 0 Å². The quantitative estimate of drug-likeness (QED) is 0.208. The Labute approximate surface area is 162 Å². The van der Waals surface area contributed by atoms with Crippen LogP contribution in [0.4, 0.5) is 0 Å². The topological polar surface area (TPSA) is 36.9 Å². The Balaban J connectivity index is 2.90. The van der Waals surface area contributed by atoms with Gasteiger partial charge in [-0.25, -0.2) is 9.78 Å². The normalized spacial score (nSPS) is 27.7. The summed E-state index contributed by atoms with van der Waals surface area (Å²) in [6, 6.07) is 0. The van der Waals surface area contributed by atoms with Gasteiger partial charge in [-0.1, -0.05) is 54.4 Å². The van der Waals surface area contributed by atoms with E-state index in [-0.39, 0.29) is 16.6 Å². The molecule has 0 spiro atoms. The van der Waals surface area contributed by atoms with Gasteiger partial charge < -0.3 is 0 Å². The molecule has 0 amide bonds. The molecule has 0 bridgehead atoms. The molecule has 1 saturated carbocycles. The predicted octanol–water partition coefficient (Wildman–Crippen LogP) is 7.12. The Hall–Kier alpha value is -0.160. The Morgan fingerprint density at radius 3 is 1.58 bits per heavy atom. The summed E-state index contributed by atoms with van der Waals surface area (Å²) >= 11 is 0. The largest absolute Gasteiger partial charge is 0.234 e. The minimum absolute atomic E-state index is 0.145. The smallest absolute Gasteiger partial charge is 0.227 e. The number of hydrogen-bond acceptors (Lipinski definition) is 4. The summed E-state index contributed by atoms with van der Waals surface area (Å²) in [4.78, 5) is 24.2. The minimum Gasteiger partial charge on any atom is -0.227 e. The van der Waals surface area contributed by atoms with Crippen molar-refractivity contribution < 1.29 is 19.6 Å². The minimum atomic E-state index is -0.823. The molecule has 1 rings (SSSR count). The fourth-order valence-electron chi connectivity index (χ4n) is 3.86. The zero-order valence-electron chi connectivity index (χ0n) is 18.7. The van der Waals surface area contributed by atoms with Crippen LogP contribution in [0.1, 0.15) is 120 Å². The van der Waals surface area contributed by atoms with E-state index in [1.807, 2.05) is 0 Å². The highest BCUT2D eigenvalue weighted by atomic mass is 17.3. The van der Waals surface area contributed by atoms with Crippen molar-refractivity contribution in [1.82, 2.24) is 0 Å². The summed E-state index contributed by atoms with van der Waals surface area (Å²) in [6.07, 6.45) is 9.66. The van der Waals surface area contributed by atoms with Gasteiger partial charge in [0.05, 0.1) is 0 Å². The second-order valence-corrected chi connectivity index (χ2v) is 9.55. The lowest BCUT2D eigenvalue weighted by molar-refractivity contribution is -0.554. The first kappa shape index (κ1) is 23.9. The van der Waals surface area contributed by atoms with Gasteiger partial charge in [0.15, 0.2) is 0 Å². The monoisotopic (exact) mass is 372 g/mol. The molecule has 0 saturated heterocycles. The zero-order chi connectivity index (χ0) is 19.9. The molecule has 1 aliphatic rings. The maximum atomic E-state index is 6.09. The molecule has 2 unspecified atom stereocenters. The van der Waals surface area contributed by atoms with Gasteiger partial charge in [0.1, 0.15) is 11.2 Å².